The van der Waals surface area contributed by atoms with Gasteiger partial charge in [-0.1, -0.05) is 63.1 Å². The predicted molar refractivity (Wildman–Crippen MR) is 360 cm³/mol. The number of nitrogens with one attached hydrogen (secondary N) is 3. The van der Waals surface area contributed by atoms with Crippen LogP contribution in [0.3, 0.4) is 0 Å². The maximum atomic E-state index is 9.19. The molecular formula is C56H132N8O14S3. The van der Waals surface area contributed by atoms with Gasteiger partial charge in [0, 0.05) is 41.8 Å². The van der Waals surface area contributed by atoms with Crippen LogP contribution >= 0.6 is 24.8 Å². The zero-order valence-electron chi connectivity index (χ0n) is 56.8. The predicted octanol–water partition coefficient (Wildman–Crippen LogP) is 7.43. The van der Waals surface area contributed by atoms with E-state index in [4.69, 9.17) is 55.6 Å². The van der Waals surface area contributed by atoms with E-state index in [-0.39, 0.29) is 26.9 Å². The number of thiocarbonyl (C=S) groups is 1. The van der Waals surface area contributed by atoms with Crippen molar-refractivity contribution < 1.29 is 67.0 Å². The second-order valence-electron chi connectivity index (χ2n) is 13.0. The lowest BCUT2D eigenvalue weighted by molar-refractivity contribution is -0.106. The Bertz CT molecular complexity index is 1250. The van der Waals surface area contributed by atoms with E-state index < -0.39 is 10.1 Å². The number of methoxy groups -OCH3 is 2. The summed E-state index contributed by atoms with van der Waals surface area (Å²) in [7, 11) is 15.7. The Morgan fingerprint density at radius 3 is 1.09 bits per heavy atom. The lowest BCUT2D eigenvalue weighted by Crippen LogP contribution is -2.21. The average Bonchev–Trinajstić information content (AvgIpc) is 4.43. The van der Waals surface area contributed by atoms with Crippen molar-refractivity contribution in [2.24, 2.45) is 15.7 Å². The van der Waals surface area contributed by atoms with Crippen molar-refractivity contribution in [3.05, 3.63) is 48.6 Å². The first-order chi connectivity index (χ1) is 38.1. The van der Waals surface area contributed by atoms with E-state index in [1.807, 2.05) is 95.6 Å². The third-order valence-electron chi connectivity index (χ3n) is 4.18. The number of ether oxygens (including phenoxy) is 4. The fraction of sp³-hybridized carbons (Fsp3) is 0.732. The number of nitrogens with two attached hydrogens (primary N) is 1. The summed E-state index contributed by atoms with van der Waals surface area (Å²) < 4.78 is 44.7. The van der Waals surface area contributed by atoms with Crippen molar-refractivity contribution in [1.82, 2.24) is 25.8 Å². The maximum absolute atomic E-state index is 9.19. The first-order valence-electron chi connectivity index (χ1n) is 24.9. The van der Waals surface area contributed by atoms with Gasteiger partial charge in [0.15, 0.2) is 0 Å². The van der Waals surface area contributed by atoms with Gasteiger partial charge in [-0.3, -0.25) is 25.0 Å². The van der Waals surface area contributed by atoms with E-state index in [1.54, 1.807) is 66.6 Å². The van der Waals surface area contributed by atoms with Crippen LogP contribution in [-0.2, 0) is 38.7 Å². The van der Waals surface area contributed by atoms with Crippen LogP contribution in [0.2, 0.25) is 0 Å². The molecular weight excluding hydrogens is 1100 g/mol. The monoisotopic (exact) mass is 1240 g/mol. The SMILES string of the molecule is C#CC.C#CCC.C=C(C)C.C=CC.CC.CC1CO1.CC=C(C)C.CC=CC.CC=O.CCC1CO1.CN.CN(CO)CO.CN=C=O.CN=C=S.CNC.CNCO.CNCOC.CO.COCN(C)CO.CS.CS(=O)(=O)O. The first-order valence-corrected chi connectivity index (χ1v) is 28.0. The van der Waals surface area contributed by atoms with Gasteiger partial charge in [0.2, 0.25) is 6.08 Å². The lowest BCUT2D eigenvalue weighted by Gasteiger charge is -2.09. The molecule has 2 heterocycles. The highest BCUT2D eigenvalue weighted by molar-refractivity contribution is 7.85. The van der Waals surface area contributed by atoms with Gasteiger partial charge < -0.3 is 60.3 Å². The number of thiol groups is 1. The number of carbonyl (C=O) groups excluding carboxylic acids is 2. The molecule has 0 aromatic carbocycles. The molecule has 2 aliphatic heterocycles. The number of epoxide rings is 2. The normalized spacial score (nSPS) is 10.1. The van der Waals surface area contributed by atoms with Crippen molar-refractivity contribution in [1.29, 1.82) is 0 Å². The molecule has 25 heteroatoms. The molecule has 0 aromatic heterocycles. The molecule has 0 spiro atoms. The largest absolute Gasteiger partial charge is 0.400 e. The van der Waals surface area contributed by atoms with Crippen molar-refractivity contribution in [3.8, 4) is 24.7 Å². The van der Waals surface area contributed by atoms with Crippen LogP contribution in [0.1, 0.15) is 117 Å². The summed E-state index contributed by atoms with van der Waals surface area (Å²) in [6.45, 7) is 39.3. The van der Waals surface area contributed by atoms with Gasteiger partial charge in [-0.15, -0.1) is 37.8 Å². The molecule has 11 N–H and O–H groups in total. The van der Waals surface area contributed by atoms with Gasteiger partial charge in [0.25, 0.3) is 10.1 Å². The molecule has 0 radical (unpaired) electrons. The highest BCUT2D eigenvalue weighted by Crippen LogP contribution is 2.10. The van der Waals surface area contributed by atoms with E-state index in [0.29, 0.717) is 31.9 Å². The molecule has 498 valence electrons. The Labute approximate surface area is 511 Å². The molecule has 0 amide bonds. The number of aliphatic hydroxyl groups excluding tert-OH is 5. The standard InChI is InChI=1S/C5H10.C4H11NO2.C4H8O.2C4H8.C4H6.C3H9NO2.C3H9NO.C3H6O.C3H6.C3H4.C2H7NO.C2H3NO.C2H3NS.C2H7N.C2H4O.C2H6.CH5N.CH4O3S.CH4O.CH4S/c1-4-5(2)3;1-5(3-6)4-7-2;1-2-4-3-5-4;1-4(2)3;2*1-3-4-2;1-4(2-5)3-6;1-4-3-5-2;1-3-2-4-3;2*1-3-2;3*1-3-2-4;1-3-2;1-2-3;2*1-2;1-5(2,3)4;2*1-2/h4H,1-3H3;6H,3-4H2,1-2H3;4H,2-3H2,1H3;1H2,2-3H3;3-4H,1-2H3;1H,4H2,2H3;5-6H,2-3H2,1H3;4H,3H2,1-2H3;3H,2H2,1H3;3H,1H2,2H3;1H,2H3;3-4H,2H2,1H3;2*1H3;3H,1-2H3;2H,1H3;1-2H3;2H2,1H3;1H3,(H,2,3,4);2*2H,1H3. The van der Waals surface area contributed by atoms with Gasteiger partial charge in [0.1, 0.15) is 13.0 Å². The third kappa shape index (κ3) is 835. The van der Waals surface area contributed by atoms with Crippen LogP contribution in [0, 0.1) is 24.7 Å². The van der Waals surface area contributed by atoms with Crippen molar-refractivity contribution in [2.45, 2.75) is 129 Å². The number of allylic oxidation sites excluding steroid dienone is 6. The summed E-state index contributed by atoms with van der Waals surface area (Å²) in [5.74, 6) is 4.68. The summed E-state index contributed by atoms with van der Waals surface area (Å²) in [5, 5.41) is 49.4. The molecule has 2 unspecified atom stereocenters. The smallest absolute Gasteiger partial charge is 0.261 e. The second kappa shape index (κ2) is 185. The number of rotatable bonds is 9. The minimum atomic E-state index is -3.67. The van der Waals surface area contributed by atoms with Crippen molar-refractivity contribution in [3.63, 3.8) is 0 Å². The summed E-state index contributed by atoms with van der Waals surface area (Å²) in [6, 6.07) is 0. The Morgan fingerprint density at radius 2 is 1.07 bits per heavy atom. The third-order valence-corrected chi connectivity index (χ3v) is 4.36. The maximum Gasteiger partial charge on any atom is 0.261 e. The van der Waals surface area contributed by atoms with Crippen LogP contribution in [0.15, 0.2) is 58.6 Å². The molecule has 2 rings (SSSR count). The number of hydrogen-bond donors (Lipinski definition) is 11. The fourth-order valence-electron chi connectivity index (χ4n) is 0.850. The van der Waals surface area contributed by atoms with Gasteiger partial charge in [-0.2, -0.15) is 21.0 Å². The Hall–Kier alpha value is -3.41. The van der Waals surface area contributed by atoms with E-state index in [9.17, 15) is 8.42 Å². The molecule has 2 aliphatic rings. The molecule has 0 bridgehead atoms. The van der Waals surface area contributed by atoms with E-state index in [0.717, 1.165) is 33.0 Å². The van der Waals surface area contributed by atoms with E-state index in [2.05, 4.69) is 136 Å². The molecule has 22 nitrogen and oxygen atoms in total. The van der Waals surface area contributed by atoms with Gasteiger partial charge in [0.05, 0.1) is 70.5 Å². The minimum absolute atomic E-state index is 0.0494. The highest BCUT2D eigenvalue weighted by atomic mass is 32.2. The average molecular weight is 1240 g/mol. The number of aldehydes is 1. The number of terminal acetylenes is 2. The topological polar surface area (TPSA) is 326 Å². The second-order valence-corrected chi connectivity index (χ2v) is 14.6. The van der Waals surface area contributed by atoms with Crippen molar-refractivity contribution >= 4 is 52.5 Å². The Kier molecular flexibility index (Phi) is 303. The quantitative estimate of drug-likeness (QED) is 0.0102. The lowest BCUT2D eigenvalue weighted by atomic mass is 10.3. The molecule has 81 heavy (non-hydrogen) atoms. The number of hydrogen-bond acceptors (Lipinski definition) is 23. The number of aliphatic imine (C=N–C) groups is 2. The summed E-state index contributed by atoms with van der Waals surface area (Å²) in [6.07, 6.45) is 24.9. The number of carbonyl (C=O) groups is 1. The van der Waals surface area contributed by atoms with Gasteiger partial charge in [-0.25, -0.2) is 14.8 Å². The summed E-state index contributed by atoms with van der Waals surface area (Å²) in [4.78, 5) is 26.9. The molecule has 0 aromatic rings. The number of aliphatic hydroxyl groups is 5. The summed E-state index contributed by atoms with van der Waals surface area (Å²) >= 11 is 7.66. The number of nitrogens with zero attached hydrogens (tertiary/aromatic N) is 4. The van der Waals surface area contributed by atoms with Gasteiger partial charge in [-0.05, 0) is 150 Å². The minimum Gasteiger partial charge on any atom is -0.400 e. The number of isothiocyanates is 1. The van der Waals surface area contributed by atoms with Crippen LogP contribution < -0.4 is 21.7 Å². The fourth-order valence-corrected chi connectivity index (χ4v) is 0.850. The number of isocyanates is 1. The van der Waals surface area contributed by atoms with Crippen LogP contribution in [-0.4, -0.2) is 229 Å². The zero-order chi connectivity index (χ0) is 69.8. The van der Waals surface area contributed by atoms with Crippen LogP contribution in [0.4, 0.5) is 0 Å². The summed E-state index contributed by atoms with van der Waals surface area (Å²) in [5.41, 5.74) is 7.05. The Balaban J connectivity index is -0.0000000296. The molecule has 0 aliphatic carbocycles. The molecule has 2 saturated heterocycles. The molecule has 2 atom stereocenters. The molecule has 2 fully saturated rings. The van der Waals surface area contributed by atoms with Crippen LogP contribution in [0.25, 0.3) is 0 Å². The van der Waals surface area contributed by atoms with E-state index in [1.165, 1.54) is 49.6 Å². The zero-order valence-corrected chi connectivity index (χ0v) is 59.3. The first kappa shape index (κ1) is 133. The molecule has 0 saturated carbocycles. The van der Waals surface area contributed by atoms with E-state index >= 15 is 0 Å². The van der Waals surface area contributed by atoms with Crippen LogP contribution in [0.5, 0.6) is 0 Å². The van der Waals surface area contributed by atoms with Gasteiger partial charge >= 0.3 is 0 Å². The highest BCUT2D eigenvalue weighted by Gasteiger charge is 2.18. The Morgan fingerprint density at radius 1 is 0.852 bits per heavy atom. The van der Waals surface area contributed by atoms with Crippen molar-refractivity contribution in [2.75, 3.05) is 151 Å².